The second kappa shape index (κ2) is 6.61. The summed E-state index contributed by atoms with van der Waals surface area (Å²) in [6.07, 6.45) is 4.01. The molecule has 6 heteroatoms. The monoisotopic (exact) mass is 352 g/mol. The van der Waals surface area contributed by atoms with Crippen LogP contribution in [0.1, 0.15) is 35.6 Å². The molecule has 134 valence electrons. The van der Waals surface area contributed by atoms with Crippen molar-refractivity contribution in [3.05, 3.63) is 47.0 Å². The molecule has 1 aliphatic heterocycles. The minimum Gasteiger partial charge on any atom is -0.507 e. The van der Waals surface area contributed by atoms with E-state index in [4.69, 9.17) is 4.98 Å². The fourth-order valence-electron chi connectivity index (χ4n) is 3.61. The van der Waals surface area contributed by atoms with Crippen LogP contribution in [0.5, 0.6) is 5.75 Å². The van der Waals surface area contributed by atoms with Crippen LogP contribution < -0.4 is 5.32 Å². The number of phenols is 1. The number of aryl methyl sites for hydroxylation is 1. The first-order valence-corrected chi connectivity index (χ1v) is 8.88. The molecule has 1 aliphatic rings. The predicted molar refractivity (Wildman–Crippen MR) is 98.7 cm³/mol. The third kappa shape index (κ3) is 2.90. The number of nitrogens with zero attached hydrogens (tertiary/aromatic N) is 3. The second-order valence-corrected chi connectivity index (χ2v) is 6.90. The summed E-state index contributed by atoms with van der Waals surface area (Å²) in [4.78, 5) is 13.7. The molecule has 26 heavy (non-hydrogen) atoms. The number of rotatable bonds is 2. The summed E-state index contributed by atoms with van der Waals surface area (Å²) < 4.78 is 14.3. The Morgan fingerprint density at radius 1 is 1.23 bits per heavy atom. The summed E-state index contributed by atoms with van der Waals surface area (Å²) in [6, 6.07) is 4.99. The van der Waals surface area contributed by atoms with Gasteiger partial charge in [-0.2, -0.15) is 0 Å². The normalized spacial score (nSPS) is 17.6. The van der Waals surface area contributed by atoms with E-state index >= 15 is 0 Å². The number of pyridine rings is 1. The number of aromatic nitrogens is 3. The van der Waals surface area contributed by atoms with Crippen LogP contribution in [0.3, 0.4) is 0 Å². The van der Waals surface area contributed by atoms with Gasteiger partial charge in [0.2, 0.25) is 0 Å². The van der Waals surface area contributed by atoms with Crippen LogP contribution in [-0.2, 0) is 0 Å². The molecule has 2 N–H and O–H groups in total. The lowest BCUT2D eigenvalue weighted by Crippen LogP contribution is -2.28. The first-order chi connectivity index (χ1) is 12.5. The van der Waals surface area contributed by atoms with Gasteiger partial charge in [0.15, 0.2) is 5.65 Å². The minimum absolute atomic E-state index is 0.0221. The van der Waals surface area contributed by atoms with Crippen molar-refractivity contribution >= 4 is 11.2 Å². The molecule has 4 rings (SSSR count). The number of hydrogen-bond acceptors (Lipinski definition) is 5. The van der Waals surface area contributed by atoms with Gasteiger partial charge >= 0.3 is 0 Å². The Bertz CT molecular complexity index is 983. The van der Waals surface area contributed by atoms with Crippen molar-refractivity contribution in [2.75, 3.05) is 13.1 Å². The molecule has 1 saturated heterocycles. The molecule has 0 amide bonds. The third-order valence-electron chi connectivity index (χ3n) is 5.06. The van der Waals surface area contributed by atoms with E-state index in [1.807, 2.05) is 12.3 Å². The molecule has 1 aromatic carbocycles. The molecule has 0 spiro atoms. The highest BCUT2D eigenvalue weighted by Gasteiger charge is 2.19. The lowest BCUT2D eigenvalue weighted by atomic mass is 9.96. The van der Waals surface area contributed by atoms with Gasteiger partial charge < -0.3 is 10.4 Å². The topological polar surface area (TPSA) is 70.9 Å². The highest BCUT2D eigenvalue weighted by Crippen LogP contribution is 2.35. The average molecular weight is 352 g/mol. The largest absolute Gasteiger partial charge is 0.507 e. The summed E-state index contributed by atoms with van der Waals surface area (Å²) in [5.74, 6) is 0.0275. The van der Waals surface area contributed by atoms with Crippen molar-refractivity contribution < 1.29 is 9.50 Å². The van der Waals surface area contributed by atoms with Gasteiger partial charge in [-0.05, 0) is 62.6 Å². The number of piperidine rings is 1. The molecule has 3 aromatic rings. The fourth-order valence-corrected chi connectivity index (χ4v) is 3.61. The quantitative estimate of drug-likeness (QED) is 0.737. The summed E-state index contributed by atoms with van der Waals surface area (Å²) in [6.45, 7) is 5.22. The number of hydrogen-bond donors (Lipinski definition) is 2. The summed E-state index contributed by atoms with van der Waals surface area (Å²) in [5, 5.41) is 13.7. The zero-order valence-electron chi connectivity index (χ0n) is 14.9. The molecule has 1 atom stereocenters. The second-order valence-electron chi connectivity index (χ2n) is 6.90. The van der Waals surface area contributed by atoms with E-state index < -0.39 is 0 Å². The Morgan fingerprint density at radius 3 is 2.85 bits per heavy atom. The van der Waals surface area contributed by atoms with Crippen molar-refractivity contribution in [3.63, 3.8) is 0 Å². The maximum Gasteiger partial charge on any atom is 0.179 e. The van der Waals surface area contributed by atoms with Gasteiger partial charge in [0.25, 0.3) is 0 Å². The Balaban J connectivity index is 1.81. The van der Waals surface area contributed by atoms with Gasteiger partial charge in [-0.15, -0.1) is 0 Å². The van der Waals surface area contributed by atoms with E-state index in [0.717, 1.165) is 31.6 Å². The van der Waals surface area contributed by atoms with E-state index in [9.17, 15) is 9.50 Å². The molecular formula is C20H21FN4O. The van der Waals surface area contributed by atoms with Crippen molar-refractivity contribution in [1.82, 2.24) is 20.3 Å². The van der Waals surface area contributed by atoms with Gasteiger partial charge in [0.05, 0.1) is 11.4 Å². The van der Waals surface area contributed by atoms with E-state index in [0.29, 0.717) is 39.5 Å². The van der Waals surface area contributed by atoms with Crippen LogP contribution in [0, 0.1) is 19.7 Å². The van der Waals surface area contributed by atoms with Crippen LogP contribution in [0.25, 0.3) is 22.4 Å². The number of nitrogens with one attached hydrogen (secondary N) is 1. The van der Waals surface area contributed by atoms with E-state index in [-0.39, 0.29) is 11.6 Å². The standard InChI is InChI=1S/C20H21FN4O/c1-11-8-17(26)18(12(2)19(11)21)14-5-6-15-20(24-14)25-16(10-23-15)13-4-3-7-22-9-13/h5-6,8,10,13,22,26H,3-4,7,9H2,1-2H3/t13-/m1/s1. The number of aromatic hydroxyl groups is 1. The molecule has 5 nitrogen and oxygen atoms in total. The Morgan fingerprint density at radius 2 is 2.08 bits per heavy atom. The first kappa shape index (κ1) is 16.8. The SMILES string of the molecule is Cc1cc(O)c(-c2ccc3ncc([C@@H]4CCCNC4)nc3n2)c(C)c1F. The lowest BCUT2D eigenvalue weighted by molar-refractivity contribution is 0.454. The average Bonchev–Trinajstić information content (AvgIpc) is 2.66. The van der Waals surface area contributed by atoms with E-state index in [2.05, 4.69) is 15.3 Å². The van der Waals surface area contributed by atoms with Crippen LogP contribution in [0.2, 0.25) is 0 Å². The van der Waals surface area contributed by atoms with Crippen LogP contribution in [0.4, 0.5) is 4.39 Å². The zero-order chi connectivity index (χ0) is 18.3. The summed E-state index contributed by atoms with van der Waals surface area (Å²) in [7, 11) is 0. The van der Waals surface area contributed by atoms with E-state index in [1.165, 1.54) is 6.07 Å². The Hall–Kier alpha value is -2.60. The van der Waals surface area contributed by atoms with Crippen molar-refractivity contribution in [3.8, 4) is 17.0 Å². The fraction of sp³-hybridized carbons (Fsp3) is 0.350. The summed E-state index contributed by atoms with van der Waals surface area (Å²) >= 11 is 0. The molecule has 3 heterocycles. The van der Waals surface area contributed by atoms with Crippen LogP contribution in [-0.4, -0.2) is 33.1 Å². The molecule has 2 aromatic heterocycles. The van der Waals surface area contributed by atoms with Gasteiger partial charge in [-0.1, -0.05) is 0 Å². The predicted octanol–water partition coefficient (Wildman–Crippen LogP) is 3.62. The number of phenolic OH excluding ortho intramolecular Hbond substituents is 1. The minimum atomic E-state index is -0.326. The van der Waals surface area contributed by atoms with Gasteiger partial charge in [-0.3, -0.25) is 4.98 Å². The molecule has 0 aliphatic carbocycles. The molecule has 0 unspecified atom stereocenters. The van der Waals surface area contributed by atoms with Gasteiger partial charge in [0.1, 0.15) is 17.1 Å². The van der Waals surface area contributed by atoms with Crippen molar-refractivity contribution in [2.24, 2.45) is 0 Å². The van der Waals surface area contributed by atoms with Crippen LogP contribution in [0.15, 0.2) is 24.4 Å². The molecular weight excluding hydrogens is 331 g/mol. The van der Waals surface area contributed by atoms with Crippen LogP contribution >= 0.6 is 0 Å². The maximum absolute atomic E-state index is 14.3. The molecule has 1 fully saturated rings. The molecule has 0 saturated carbocycles. The highest BCUT2D eigenvalue weighted by molar-refractivity contribution is 5.78. The maximum atomic E-state index is 14.3. The zero-order valence-corrected chi connectivity index (χ0v) is 14.9. The van der Waals surface area contributed by atoms with E-state index in [1.54, 1.807) is 19.9 Å². The Labute approximate surface area is 151 Å². The molecule has 0 radical (unpaired) electrons. The molecule has 0 bridgehead atoms. The van der Waals surface area contributed by atoms with Crippen molar-refractivity contribution in [1.29, 1.82) is 0 Å². The number of benzene rings is 1. The summed E-state index contributed by atoms with van der Waals surface area (Å²) in [5.41, 5.74) is 3.83. The van der Waals surface area contributed by atoms with Gasteiger partial charge in [0, 0.05) is 24.2 Å². The van der Waals surface area contributed by atoms with Crippen molar-refractivity contribution in [2.45, 2.75) is 32.6 Å². The lowest BCUT2D eigenvalue weighted by Gasteiger charge is -2.22. The Kier molecular flexibility index (Phi) is 4.28. The highest BCUT2D eigenvalue weighted by atomic mass is 19.1. The third-order valence-corrected chi connectivity index (χ3v) is 5.06. The smallest absolute Gasteiger partial charge is 0.179 e. The first-order valence-electron chi connectivity index (χ1n) is 8.88. The number of fused-ring (bicyclic) bond motifs is 1. The number of halogens is 1. The van der Waals surface area contributed by atoms with Gasteiger partial charge in [-0.25, -0.2) is 14.4 Å².